The summed E-state index contributed by atoms with van der Waals surface area (Å²) in [6, 6.07) is 0. The topological polar surface area (TPSA) is 124 Å². The molecule has 0 saturated carbocycles. The molecule has 0 aromatic heterocycles. The number of carbonyl (C=O) groups is 3. The van der Waals surface area contributed by atoms with E-state index in [1.54, 1.807) is 18.7 Å². The first-order chi connectivity index (χ1) is 20.6. The van der Waals surface area contributed by atoms with Crippen LogP contribution in [0.1, 0.15) is 107 Å². The smallest absolute Gasteiger partial charge is 0.410 e. The van der Waals surface area contributed by atoms with Gasteiger partial charge in [-0.25, -0.2) is 4.79 Å². The lowest BCUT2D eigenvalue weighted by Gasteiger charge is -2.40. The number of morpholine rings is 1. The molecule has 1 N–H and O–H groups in total. The van der Waals surface area contributed by atoms with Crippen LogP contribution in [-0.2, 0) is 28.6 Å². The van der Waals surface area contributed by atoms with E-state index < -0.39 is 17.8 Å². The van der Waals surface area contributed by atoms with Crippen LogP contribution in [0.4, 0.5) is 4.79 Å². The normalized spacial score (nSPS) is 35.8. The third-order valence-electron chi connectivity index (χ3n) is 9.28. The Labute approximate surface area is 265 Å². The van der Waals surface area contributed by atoms with Gasteiger partial charge in [-0.2, -0.15) is 0 Å². The molecule has 2 rings (SSSR count). The Kier molecular flexibility index (Phi) is 15.1. The van der Waals surface area contributed by atoms with Gasteiger partial charge in [-0.15, -0.1) is 0 Å². The van der Waals surface area contributed by atoms with Crippen molar-refractivity contribution in [2.45, 2.75) is 131 Å². The number of hydrogen-bond acceptors (Lipinski definition) is 9. The summed E-state index contributed by atoms with van der Waals surface area (Å²) < 4.78 is 17.7. The maximum Gasteiger partial charge on any atom is 0.410 e. The highest BCUT2D eigenvalue weighted by atomic mass is 16.6. The molecule has 10 heteroatoms. The number of aliphatic hydroxyl groups excluding tert-OH is 1. The van der Waals surface area contributed by atoms with E-state index in [2.05, 4.69) is 19.0 Å². The standard InChI is InChI=1S/C34H60N2O8/c1-21-14-23(3)31(38)34(9,44-33(40)36-18-27(7)43-28(8)19-36)17-25(5)30(22(2)15-24(4)32(39)42-20-21)13-11-12-29(35-41-10)16-26(6)37/h21-28,30,37H,11-20H2,1-10H3/b35-29-/t21-,22+,23?,24?,25+,26?,27?,28?,30-,34+/m1/s1. The molecule has 2 fully saturated rings. The summed E-state index contributed by atoms with van der Waals surface area (Å²) >= 11 is 0. The highest BCUT2D eigenvalue weighted by molar-refractivity contribution is 5.91. The van der Waals surface area contributed by atoms with Crippen LogP contribution in [-0.4, -0.2) is 84.3 Å². The second-order valence-corrected chi connectivity index (χ2v) is 14.2. The molecule has 0 spiro atoms. The summed E-state index contributed by atoms with van der Waals surface area (Å²) in [4.78, 5) is 47.3. The van der Waals surface area contributed by atoms with Crippen LogP contribution >= 0.6 is 0 Å². The molecule has 2 saturated heterocycles. The Morgan fingerprint density at radius 3 is 2.27 bits per heavy atom. The molecular formula is C34H60N2O8. The van der Waals surface area contributed by atoms with E-state index in [1.807, 2.05) is 34.6 Å². The third kappa shape index (κ3) is 11.6. The van der Waals surface area contributed by atoms with Crippen molar-refractivity contribution in [1.82, 2.24) is 4.90 Å². The van der Waals surface area contributed by atoms with Gasteiger partial charge in [-0.1, -0.05) is 39.8 Å². The number of hydrogen-bond donors (Lipinski definition) is 1. The van der Waals surface area contributed by atoms with E-state index in [0.717, 1.165) is 18.6 Å². The van der Waals surface area contributed by atoms with Gasteiger partial charge in [0.2, 0.25) is 0 Å². The van der Waals surface area contributed by atoms with Crippen molar-refractivity contribution in [1.29, 1.82) is 0 Å². The highest BCUT2D eigenvalue weighted by Gasteiger charge is 2.45. The van der Waals surface area contributed by atoms with Crippen molar-refractivity contribution >= 4 is 23.6 Å². The Morgan fingerprint density at radius 1 is 1.05 bits per heavy atom. The number of esters is 1. The minimum absolute atomic E-state index is 0.00431. The molecule has 254 valence electrons. The number of amides is 1. The lowest BCUT2D eigenvalue weighted by atomic mass is 9.71. The van der Waals surface area contributed by atoms with Crippen LogP contribution < -0.4 is 0 Å². The van der Waals surface area contributed by atoms with Gasteiger partial charge in [0.05, 0.1) is 49.6 Å². The Hall–Kier alpha value is -2.20. The average Bonchev–Trinajstić information content (AvgIpc) is 2.91. The van der Waals surface area contributed by atoms with E-state index in [0.29, 0.717) is 45.2 Å². The second-order valence-electron chi connectivity index (χ2n) is 14.2. The van der Waals surface area contributed by atoms with Crippen LogP contribution in [0.3, 0.4) is 0 Å². The molecule has 0 bridgehead atoms. The van der Waals surface area contributed by atoms with Gasteiger partial charge in [0.25, 0.3) is 0 Å². The molecule has 2 heterocycles. The van der Waals surface area contributed by atoms with Crippen LogP contribution in [0.25, 0.3) is 0 Å². The number of carbonyl (C=O) groups excluding carboxylic acids is 3. The van der Waals surface area contributed by atoms with Crippen molar-refractivity contribution in [3.63, 3.8) is 0 Å². The lowest BCUT2D eigenvalue weighted by molar-refractivity contribution is -0.151. The summed E-state index contributed by atoms with van der Waals surface area (Å²) in [5.41, 5.74) is -0.522. The van der Waals surface area contributed by atoms with Crippen molar-refractivity contribution in [2.24, 2.45) is 40.7 Å². The molecule has 1 amide bonds. The SMILES string of the molecule is CO/N=C(/CCC[C@@H]1[C@@H](C)CC(C)C(=O)OC[C@H](C)CC(C)C(=O)[C@@](C)(OC(=O)N2CC(C)OC(C)C2)C[C@@H]1C)CC(C)O. The summed E-state index contributed by atoms with van der Waals surface area (Å²) in [5, 5.41) is 14.0. The predicted molar refractivity (Wildman–Crippen MR) is 170 cm³/mol. The third-order valence-corrected chi connectivity index (χ3v) is 9.28. The maximum absolute atomic E-state index is 14.2. The van der Waals surface area contributed by atoms with Crippen LogP contribution in [0.5, 0.6) is 0 Å². The van der Waals surface area contributed by atoms with Crippen LogP contribution in [0.15, 0.2) is 5.16 Å². The second kappa shape index (κ2) is 17.5. The summed E-state index contributed by atoms with van der Waals surface area (Å²) in [7, 11) is 1.50. The first-order valence-electron chi connectivity index (χ1n) is 16.7. The first kappa shape index (κ1) is 38.0. The van der Waals surface area contributed by atoms with Gasteiger partial charge in [-0.3, -0.25) is 9.59 Å². The molecule has 0 aromatic carbocycles. The van der Waals surface area contributed by atoms with Crippen LogP contribution in [0.2, 0.25) is 0 Å². The van der Waals surface area contributed by atoms with Gasteiger partial charge >= 0.3 is 12.1 Å². The predicted octanol–water partition coefficient (Wildman–Crippen LogP) is 6.03. The largest absolute Gasteiger partial charge is 0.465 e. The molecule has 2 aliphatic rings. The van der Waals surface area contributed by atoms with E-state index in [4.69, 9.17) is 19.0 Å². The summed E-state index contributed by atoms with van der Waals surface area (Å²) in [6.45, 7) is 18.5. The lowest BCUT2D eigenvalue weighted by Crippen LogP contribution is -2.53. The Balaban J connectivity index is 2.39. The Morgan fingerprint density at radius 2 is 1.68 bits per heavy atom. The number of oxime groups is 1. The van der Waals surface area contributed by atoms with Crippen molar-refractivity contribution < 1.29 is 38.5 Å². The molecule has 0 radical (unpaired) electrons. The average molecular weight is 625 g/mol. The van der Waals surface area contributed by atoms with Crippen molar-refractivity contribution in [3.05, 3.63) is 0 Å². The fourth-order valence-electron chi connectivity index (χ4n) is 7.36. The van der Waals surface area contributed by atoms with Gasteiger partial charge in [-0.05, 0) is 89.9 Å². The number of ether oxygens (including phenoxy) is 3. The number of ketones is 1. The van der Waals surface area contributed by atoms with Crippen LogP contribution in [0, 0.1) is 35.5 Å². The molecule has 44 heavy (non-hydrogen) atoms. The van der Waals surface area contributed by atoms with Gasteiger partial charge in [0.1, 0.15) is 7.11 Å². The van der Waals surface area contributed by atoms with Gasteiger partial charge in [0, 0.05) is 12.3 Å². The minimum atomic E-state index is -1.32. The number of Topliss-reactive ketones (excluding diaryl/α,β-unsaturated/α-hetero) is 1. The monoisotopic (exact) mass is 624 g/mol. The number of cyclic esters (lactones) is 1. The minimum Gasteiger partial charge on any atom is -0.465 e. The fourth-order valence-corrected chi connectivity index (χ4v) is 7.36. The van der Waals surface area contributed by atoms with E-state index >= 15 is 0 Å². The zero-order valence-corrected chi connectivity index (χ0v) is 29.0. The number of rotatable bonds is 8. The van der Waals surface area contributed by atoms with E-state index in [9.17, 15) is 19.5 Å². The van der Waals surface area contributed by atoms with E-state index in [1.165, 1.54) is 7.11 Å². The summed E-state index contributed by atoms with van der Waals surface area (Å²) in [6.07, 6.45) is 3.04. The van der Waals surface area contributed by atoms with E-state index in [-0.39, 0.29) is 66.1 Å². The number of nitrogens with zero attached hydrogens (tertiary/aromatic N) is 2. The first-order valence-corrected chi connectivity index (χ1v) is 16.7. The molecular weight excluding hydrogens is 564 g/mol. The maximum atomic E-state index is 14.2. The molecule has 0 aliphatic carbocycles. The zero-order chi connectivity index (χ0) is 33.2. The molecule has 5 unspecified atom stereocenters. The quantitative estimate of drug-likeness (QED) is 0.197. The molecule has 10 atom stereocenters. The molecule has 10 nitrogen and oxygen atoms in total. The zero-order valence-electron chi connectivity index (χ0n) is 29.0. The highest BCUT2D eigenvalue weighted by Crippen LogP contribution is 2.39. The van der Waals surface area contributed by atoms with Crippen molar-refractivity contribution in [2.75, 3.05) is 26.8 Å². The van der Waals surface area contributed by atoms with Gasteiger partial charge in [0.15, 0.2) is 11.4 Å². The van der Waals surface area contributed by atoms with Gasteiger partial charge < -0.3 is 29.1 Å². The number of aliphatic hydroxyl groups is 1. The summed E-state index contributed by atoms with van der Waals surface area (Å²) in [5.74, 6) is -0.692. The Bertz CT molecular complexity index is 961. The molecule has 0 aromatic rings. The molecule has 2 aliphatic heterocycles. The van der Waals surface area contributed by atoms with Crippen molar-refractivity contribution in [3.8, 4) is 0 Å². The fraction of sp³-hybridized carbons (Fsp3) is 0.882.